The van der Waals surface area contributed by atoms with Gasteiger partial charge in [-0.05, 0) is 19.9 Å². The molecule has 1 aromatic carbocycles. The van der Waals surface area contributed by atoms with Crippen molar-refractivity contribution in [3.05, 3.63) is 50.4 Å². The van der Waals surface area contributed by atoms with Crippen LogP contribution in [0.2, 0.25) is 0 Å². The molecule has 1 aromatic heterocycles. The van der Waals surface area contributed by atoms with E-state index in [4.69, 9.17) is 4.42 Å². The minimum atomic E-state index is -0.498. The van der Waals surface area contributed by atoms with Crippen LogP contribution in [0.4, 0.5) is 5.69 Å². The van der Waals surface area contributed by atoms with Gasteiger partial charge in [0.1, 0.15) is 5.58 Å². The van der Waals surface area contributed by atoms with Crippen molar-refractivity contribution in [3.63, 3.8) is 0 Å². The number of hydrogen-bond donors (Lipinski definition) is 0. The Morgan fingerprint density at radius 2 is 2.10 bits per heavy atom. The Hall–Kier alpha value is -2.70. The lowest BCUT2D eigenvalue weighted by atomic mass is 10.1. The van der Waals surface area contributed by atoms with Gasteiger partial charge in [0.25, 0.3) is 12.2 Å². The Kier molecular flexibility index (Phi) is 5.40. The van der Waals surface area contributed by atoms with E-state index >= 15 is 0 Å². The summed E-state index contributed by atoms with van der Waals surface area (Å²) in [5.41, 5.74) is 0.401. The van der Waals surface area contributed by atoms with E-state index in [1.807, 2.05) is 0 Å². The SMILES string of the molecule is CCOC=O.Cc1c([N+](=O)[O-])ccc2c(=O)ccoc12. The van der Waals surface area contributed by atoms with E-state index in [-0.39, 0.29) is 16.7 Å². The molecule has 0 atom stereocenters. The van der Waals surface area contributed by atoms with Gasteiger partial charge in [0.15, 0.2) is 5.43 Å². The predicted octanol–water partition coefficient (Wildman–Crippen LogP) is 2.19. The van der Waals surface area contributed by atoms with E-state index in [2.05, 4.69) is 4.74 Å². The lowest BCUT2D eigenvalue weighted by Gasteiger charge is -2.00. The van der Waals surface area contributed by atoms with Crippen molar-refractivity contribution in [3.8, 4) is 0 Å². The molecule has 0 aliphatic heterocycles. The third kappa shape index (κ3) is 3.41. The monoisotopic (exact) mass is 279 g/mol. The second-order valence-corrected chi connectivity index (χ2v) is 3.68. The van der Waals surface area contributed by atoms with Gasteiger partial charge in [0.05, 0.1) is 28.7 Å². The highest BCUT2D eigenvalue weighted by Crippen LogP contribution is 2.24. The largest absolute Gasteiger partial charge is 0.468 e. The lowest BCUT2D eigenvalue weighted by Crippen LogP contribution is -2.00. The summed E-state index contributed by atoms with van der Waals surface area (Å²) in [5.74, 6) is 0. The first-order valence-corrected chi connectivity index (χ1v) is 5.73. The third-order valence-corrected chi connectivity index (χ3v) is 2.48. The average Bonchev–Trinajstić information content (AvgIpc) is 2.41. The summed E-state index contributed by atoms with van der Waals surface area (Å²) in [6, 6.07) is 4.01. The molecule has 2 rings (SSSR count). The minimum absolute atomic E-state index is 0.0446. The van der Waals surface area contributed by atoms with E-state index in [1.165, 1.54) is 24.5 Å². The number of nitro groups is 1. The zero-order valence-corrected chi connectivity index (χ0v) is 11.0. The summed E-state index contributed by atoms with van der Waals surface area (Å²) >= 11 is 0. The first-order valence-electron chi connectivity index (χ1n) is 5.73. The molecule has 20 heavy (non-hydrogen) atoms. The van der Waals surface area contributed by atoms with E-state index < -0.39 is 4.92 Å². The number of carbonyl (C=O) groups excluding carboxylic acids is 1. The topological polar surface area (TPSA) is 99.6 Å². The van der Waals surface area contributed by atoms with Crippen molar-refractivity contribution in [1.82, 2.24) is 0 Å². The first kappa shape index (κ1) is 15.4. The molecule has 106 valence electrons. The van der Waals surface area contributed by atoms with Gasteiger partial charge in [-0.25, -0.2) is 0 Å². The number of aryl methyl sites for hydroxylation is 1. The second kappa shape index (κ2) is 7.03. The number of nitro benzene ring substituents is 1. The normalized spacial score (nSPS) is 9.50. The maximum Gasteiger partial charge on any atom is 0.293 e. The van der Waals surface area contributed by atoms with Crippen LogP contribution >= 0.6 is 0 Å². The summed E-state index contributed by atoms with van der Waals surface area (Å²) in [5, 5.41) is 11.0. The number of carbonyl (C=O) groups is 1. The molecule has 2 aromatic rings. The van der Waals surface area contributed by atoms with Crippen LogP contribution in [-0.2, 0) is 9.53 Å². The van der Waals surface area contributed by atoms with Crippen LogP contribution in [0, 0.1) is 17.0 Å². The summed E-state index contributed by atoms with van der Waals surface area (Å²) in [4.78, 5) is 30.7. The van der Waals surface area contributed by atoms with E-state index in [9.17, 15) is 19.7 Å². The van der Waals surface area contributed by atoms with E-state index in [0.717, 1.165) is 0 Å². The van der Waals surface area contributed by atoms with Gasteiger partial charge in [0.2, 0.25) is 0 Å². The molecule has 0 saturated heterocycles. The van der Waals surface area contributed by atoms with Crippen LogP contribution in [0.25, 0.3) is 11.0 Å². The van der Waals surface area contributed by atoms with Crippen molar-refractivity contribution in [1.29, 1.82) is 0 Å². The molecule has 0 amide bonds. The highest BCUT2D eigenvalue weighted by atomic mass is 16.6. The Morgan fingerprint density at radius 1 is 1.40 bits per heavy atom. The highest BCUT2D eigenvalue weighted by molar-refractivity contribution is 5.82. The fourth-order valence-electron chi connectivity index (χ4n) is 1.55. The molecule has 0 aliphatic rings. The van der Waals surface area contributed by atoms with Gasteiger partial charge in [0, 0.05) is 12.1 Å². The average molecular weight is 279 g/mol. The van der Waals surface area contributed by atoms with Gasteiger partial charge < -0.3 is 9.15 Å². The number of ether oxygens (including phenoxy) is 1. The zero-order valence-electron chi connectivity index (χ0n) is 11.0. The molecule has 7 heteroatoms. The molecule has 0 spiro atoms. The van der Waals surface area contributed by atoms with Gasteiger partial charge in [-0.2, -0.15) is 0 Å². The summed E-state index contributed by atoms with van der Waals surface area (Å²) in [6.45, 7) is 4.22. The lowest BCUT2D eigenvalue weighted by molar-refractivity contribution is -0.385. The molecule has 0 radical (unpaired) electrons. The molecule has 7 nitrogen and oxygen atoms in total. The Bertz CT molecular complexity index is 676. The van der Waals surface area contributed by atoms with E-state index in [0.29, 0.717) is 24.0 Å². The van der Waals surface area contributed by atoms with Crippen LogP contribution in [0.15, 0.2) is 33.7 Å². The molecular formula is C13H13NO6. The van der Waals surface area contributed by atoms with Crippen LogP contribution in [0.1, 0.15) is 12.5 Å². The van der Waals surface area contributed by atoms with Gasteiger partial charge in [-0.1, -0.05) is 0 Å². The molecule has 1 heterocycles. The predicted molar refractivity (Wildman–Crippen MR) is 71.6 cm³/mol. The quantitative estimate of drug-likeness (QED) is 0.485. The molecule has 0 aliphatic carbocycles. The molecule has 0 N–H and O–H groups in total. The second-order valence-electron chi connectivity index (χ2n) is 3.68. The van der Waals surface area contributed by atoms with Crippen molar-refractivity contribution in [2.24, 2.45) is 0 Å². The number of fused-ring (bicyclic) bond motifs is 1. The van der Waals surface area contributed by atoms with Crippen LogP contribution in [-0.4, -0.2) is 18.0 Å². The van der Waals surface area contributed by atoms with Crippen LogP contribution in [0.3, 0.4) is 0 Å². The highest BCUT2D eigenvalue weighted by Gasteiger charge is 2.15. The number of benzene rings is 1. The maximum atomic E-state index is 11.4. The molecule has 0 bridgehead atoms. The zero-order chi connectivity index (χ0) is 15.1. The standard InChI is InChI=1S/C10H7NO4.C3H6O2/c1-6-8(11(13)14)3-2-7-9(12)4-5-15-10(6)7;1-2-5-3-4/h2-5H,1H3;3H,2H2,1H3. The molecule has 0 unspecified atom stereocenters. The van der Waals surface area contributed by atoms with Crippen LogP contribution in [0.5, 0.6) is 0 Å². The molecule has 0 fully saturated rings. The number of rotatable bonds is 3. The van der Waals surface area contributed by atoms with Gasteiger partial charge >= 0.3 is 0 Å². The summed E-state index contributed by atoms with van der Waals surface area (Å²) < 4.78 is 9.26. The minimum Gasteiger partial charge on any atom is -0.468 e. The van der Waals surface area contributed by atoms with Crippen molar-refractivity contribution in [2.45, 2.75) is 13.8 Å². The van der Waals surface area contributed by atoms with Crippen LogP contribution < -0.4 is 5.43 Å². The fourth-order valence-corrected chi connectivity index (χ4v) is 1.55. The van der Waals surface area contributed by atoms with Crippen molar-refractivity contribution < 1.29 is 18.9 Å². The summed E-state index contributed by atoms with van der Waals surface area (Å²) in [6.07, 6.45) is 1.24. The van der Waals surface area contributed by atoms with Crippen molar-refractivity contribution >= 4 is 23.1 Å². The smallest absolute Gasteiger partial charge is 0.293 e. The van der Waals surface area contributed by atoms with E-state index in [1.54, 1.807) is 13.8 Å². The molecule has 0 saturated carbocycles. The summed E-state index contributed by atoms with van der Waals surface area (Å²) in [7, 11) is 0. The Labute approximate surface area is 113 Å². The van der Waals surface area contributed by atoms with Gasteiger partial charge in [-0.15, -0.1) is 0 Å². The van der Waals surface area contributed by atoms with Gasteiger partial charge in [-0.3, -0.25) is 19.7 Å². The number of nitrogens with zero attached hydrogens (tertiary/aromatic N) is 1. The Morgan fingerprint density at radius 3 is 2.60 bits per heavy atom. The number of hydrogen-bond acceptors (Lipinski definition) is 6. The fraction of sp³-hybridized carbons (Fsp3) is 0.231. The maximum absolute atomic E-state index is 11.4. The molecular weight excluding hydrogens is 266 g/mol. The third-order valence-electron chi connectivity index (χ3n) is 2.48. The first-order chi connectivity index (χ1) is 9.52. The van der Waals surface area contributed by atoms with Crippen molar-refractivity contribution in [2.75, 3.05) is 6.61 Å². The Balaban J connectivity index is 0.000000347.